The quantitative estimate of drug-likeness (QED) is 0.783. The molecule has 1 aromatic heterocycles. The molecule has 0 saturated carbocycles. The summed E-state index contributed by atoms with van der Waals surface area (Å²) in [6, 6.07) is 0. The van der Waals surface area contributed by atoms with Crippen molar-refractivity contribution in [1.29, 1.82) is 0 Å². The number of nitrogens with one attached hydrogen (secondary N) is 1. The van der Waals surface area contributed by atoms with Crippen LogP contribution in [-0.2, 0) is 11.3 Å². The van der Waals surface area contributed by atoms with Gasteiger partial charge in [-0.2, -0.15) is 5.10 Å². The lowest BCUT2D eigenvalue weighted by atomic mass is 9.97. The molecule has 1 saturated heterocycles. The fraction of sp³-hybridized carbons (Fsp3) is 0.727. The van der Waals surface area contributed by atoms with Crippen molar-refractivity contribution in [1.82, 2.24) is 25.0 Å². The second-order valence-corrected chi connectivity index (χ2v) is 4.47. The van der Waals surface area contributed by atoms with E-state index >= 15 is 0 Å². The summed E-state index contributed by atoms with van der Waals surface area (Å²) in [5, 5.41) is 7.14. The van der Waals surface area contributed by atoms with Crippen LogP contribution < -0.4 is 5.32 Å². The zero-order chi connectivity index (χ0) is 12.1. The fourth-order valence-corrected chi connectivity index (χ4v) is 2.23. The summed E-state index contributed by atoms with van der Waals surface area (Å²) in [4.78, 5) is 17.7. The standard InChI is InChI=1S/C11H19N5O/c1-12-6-10-2-4-15(5-3-10)11(17)7-16-9-13-8-14-16/h8-10,12H,2-7H2,1H3. The van der Waals surface area contributed by atoms with Crippen LogP contribution in [0.25, 0.3) is 0 Å². The molecule has 0 aromatic carbocycles. The van der Waals surface area contributed by atoms with Crippen LogP contribution in [0.2, 0.25) is 0 Å². The number of hydrogen-bond acceptors (Lipinski definition) is 4. The van der Waals surface area contributed by atoms with E-state index in [1.54, 1.807) is 11.0 Å². The SMILES string of the molecule is CNCC1CCN(C(=O)Cn2cncn2)CC1. The number of amides is 1. The second-order valence-electron chi connectivity index (χ2n) is 4.47. The van der Waals surface area contributed by atoms with E-state index in [1.165, 1.54) is 6.33 Å². The molecule has 1 fully saturated rings. The molecule has 1 aliphatic heterocycles. The van der Waals surface area contributed by atoms with E-state index in [4.69, 9.17) is 0 Å². The highest BCUT2D eigenvalue weighted by molar-refractivity contribution is 5.75. The normalized spacial score (nSPS) is 17.4. The highest BCUT2D eigenvalue weighted by Crippen LogP contribution is 2.16. The number of piperidine rings is 1. The molecule has 6 nitrogen and oxygen atoms in total. The summed E-state index contributed by atoms with van der Waals surface area (Å²) in [6.45, 7) is 3.07. The molecule has 6 heteroatoms. The van der Waals surface area contributed by atoms with Gasteiger partial charge in [-0.1, -0.05) is 0 Å². The lowest BCUT2D eigenvalue weighted by Gasteiger charge is -2.31. The number of nitrogens with zero attached hydrogens (tertiary/aromatic N) is 4. The Balaban J connectivity index is 1.78. The summed E-state index contributed by atoms with van der Waals surface area (Å²) < 4.78 is 1.57. The van der Waals surface area contributed by atoms with Crippen molar-refractivity contribution in [2.24, 2.45) is 5.92 Å². The van der Waals surface area contributed by atoms with Crippen LogP contribution in [0.5, 0.6) is 0 Å². The van der Waals surface area contributed by atoms with Gasteiger partial charge in [0.05, 0.1) is 0 Å². The van der Waals surface area contributed by atoms with E-state index in [0.29, 0.717) is 12.5 Å². The first-order valence-electron chi connectivity index (χ1n) is 6.04. The lowest BCUT2D eigenvalue weighted by molar-refractivity contribution is -0.133. The van der Waals surface area contributed by atoms with Gasteiger partial charge in [-0.25, -0.2) is 9.67 Å². The minimum atomic E-state index is 0.137. The van der Waals surface area contributed by atoms with Gasteiger partial charge in [0.15, 0.2) is 0 Å². The van der Waals surface area contributed by atoms with Crippen LogP contribution in [-0.4, -0.2) is 52.3 Å². The van der Waals surface area contributed by atoms with Crippen molar-refractivity contribution >= 4 is 5.91 Å². The molecule has 1 aliphatic rings. The van der Waals surface area contributed by atoms with Gasteiger partial charge >= 0.3 is 0 Å². The first kappa shape index (κ1) is 12.0. The zero-order valence-corrected chi connectivity index (χ0v) is 10.2. The van der Waals surface area contributed by atoms with Crippen molar-refractivity contribution in [3.05, 3.63) is 12.7 Å². The molecule has 0 spiro atoms. The van der Waals surface area contributed by atoms with Gasteiger partial charge in [0.25, 0.3) is 0 Å². The van der Waals surface area contributed by atoms with Crippen molar-refractivity contribution < 1.29 is 4.79 Å². The number of carbonyl (C=O) groups is 1. The van der Waals surface area contributed by atoms with Gasteiger partial charge in [-0.3, -0.25) is 4.79 Å². The zero-order valence-electron chi connectivity index (χ0n) is 10.2. The molecule has 0 atom stereocenters. The van der Waals surface area contributed by atoms with Gasteiger partial charge in [-0.15, -0.1) is 0 Å². The third-order valence-corrected chi connectivity index (χ3v) is 3.22. The van der Waals surface area contributed by atoms with Gasteiger partial charge in [0.2, 0.25) is 5.91 Å². The Hall–Kier alpha value is -1.43. The molecule has 2 heterocycles. The van der Waals surface area contributed by atoms with Crippen molar-refractivity contribution in [2.75, 3.05) is 26.7 Å². The summed E-state index contributed by atoms with van der Waals surface area (Å²) in [5.74, 6) is 0.842. The summed E-state index contributed by atoms with van der Waals surface area (Å²) in [6.07, 6.45) is 5.20. The van der Waals surface area contributed by atoms with Crippen LogP contribution in [0, 0.1) is 5.92 Å². The van der Waals surface area contributed by atoms with Gasteiger partial charge in [-0.05, 0) is 32.4 Å². The van der Waals surface area contributed by atoms with E-state index < -0.39 is 0 Å². The highest BCUT2D eigenvalue weighted by atomic mass is 16.2. The molecule has 2 rings (SSSR count). The molecule has 1 aromatic rings. The Kier molecular flexibility index (Phi) is 4.08. The maximum atomic E-state index is 12.0. The first-order chi connectivity index (χ1) is 8.29. The predicted molar refractivity (Wildman–Crippen MR) is 63.3 cm³/mol. The van der Waals surface area contributed by atoms with Crippen LogP contribution in [0.1, 0.15) is 12.8 Å². The number of hydrogen-bond donors (Lipinski definition) is 1. The fourth-order valence-electron chi connectivity index (χ4n) is 2.23. The molecule has 0 unspecified atom stereocenters. The third kappa shape index (κ3) is 3.26. The molecule has 0 radical (unpaired) electrons. The minimum Gasteiger partial charge on any atom is -0.341 e. The van der Waals surface area contributed by atoms with E-state index in [0.717, 1.165) is 32.5 Å². The first-order valence-corrected chi connectivity index (χ1v) is 6.04. The maximum absolute atomic E-state index is 12.0. The topological polar surface area (TPSA) is 63.1 Å². The molecule has 17 heavy (non-hydrogen) atoms. The van der Waals surface area contributed by atoms with Crippen LogP contribution in [0.15, 0.2) is 12.7 Å². The van der Waals surface area contributed by atoms with Crippen LogP contribution >= 0.6 is 0 Å². The van der Waals surface area contributed by atoms with Crippen molar-refractivity contribution in [3.63, 3.8) is 0 Å². The van der Waals surface area contributed by atoms with Crippen molar-refractivity contribution in [2.45, 2.75) is 19.4 Å². The van der Waals surface area contributed by atoms with E-state index in [2.05, 4.69) is 15.4 Å². The minimum absolute atomic E-state index is 0.137. The number of rotatable bonds is 4. The summed E-state index contributed by atoms with van der Waals surface area (Å²) in [5.41, 5.74) is 0. The van der Waals surface area contributed by atoms with Gasteiger partial charge < -0.3 is 10.2 Å². The lowest BCUT2D eigenvalue weighted by Crippen LogP contribution is -2.41. The number of likely N-dealkylation sites (tertiary alicyclic amines) is 1. The maximum Gasteiger partial charge on any atom is 0.244 e. The smallest absolute Gasteiger partial charge is 0.244 e. The van der Waals surface area contributed by atoms with E-state index in [-0.39, 0.29) is 5.91 Å². The van der Waals surface area contributed by atoms with Crippen molar-refractivity contribution in [3.8, 4) is 0 Å². The second kappa shape index (κ2) is 5.77. The summed E-state index contributed by atoms with van der Waals surface area (Å²) >= 11 is 0. The van der Waals surface area contributed by atoms with Crippen LogP contribution in [0.3, 0.4) is 0 Å². The third-order valence-electron chi connectivity index (χ3n) is 3.22. The highest BCUT2D eigenvalue weighted by Gasteiger charge is 2.22. The molecule has 0 bridgehead atoms. The van der Waals surface area contributed by atoms with Gasteiger partial charge in [0.1, 0.15) is 19.2 Å². The largest absolute Gasteiger partial charge is 0.341 e. The predicted octanol–water partition coefficient (Wildman–Crippen LogP) is -0.264. The Morgan fingerprint density at radius 2 is 2.24 bits per heavy atom. The van der Waals surface area contributed by atoms with E-state index in [9.17, 15) is 4.79 Å². The van der Waals surface area contributed by atoms with Gasteiger partial charge in [0, 0.05) is 13.1 Å². The average Bonchev–Trinajstić information content (AvgIpc) is 2.83. The number of aromatic nitrogens is 3. The molecule has 1 amide bonds. The number of carbonyl (C=O) groups excluding carboxylic acids is 1. The molecular weight excluding hydrogens is 218 g/mol. The Morgan fingerprint density at radius 1 is 1.47 bits per heavy atom. The monoisotopic (exact) mass is 237 g/mol. The Bertz CT molecular complexity index is 343. The summed E-state index contributed by atoms with van der Waals surface area (Å²) in [7, 11) is 1.97. The molecule has 1 N–H and O–H groups in total. The Labute approximate surface area is 101 Å². The Morgan fingerprint density at radius 3 is 2.82 bits per heavy atom. The molecule has 0 aliphatic carbocycles. The van der Waals surface area contributed by atoms with E-state index in [1.807, 2.05) is 11.9 Å². The van der Waals surface area contributed by atoms with Crippen LogP contribution in [0.4, 0.5) is 0 Å². The average molecular weight is 237 g/mol. The molecular formula is C11H19N5O. The molecule has 94 valence electrons.